The Morgan fingerprint density at radius 1 is 0.857 bits per heavy atom. The molecule has 0 atom stereocenters. The van der Waals surface area contributed by atoms with Crippen molar-refractivity contribution < 1.29 is 4.79 Å². The van der Waals surface area contributed by atoms with Crippen LogP contribution in [-0.2, 0) is 13.0 Å². The van der Waals surface area contributed by atoms with Crippen LogP contribution in [0.25, 0.3) is 11.2 Å². The molecule has 35 heavy (non-hydrogen) atoms. The van der Waals surface area contributed by atoms with Crippen molar-refractivity contribution in [1.29, 1.82) is 0 Å². The van der Waals surface area contributed by atoms with Crippen LogP contribution in [0.3, 0.4) is 0 Å². The number of hydrogen-bond donors (Lipinski definition) is 1. The highest BCUT2D eigenvalue weighted by Gasteiger charge is 2.25. The fourth-order valence-corrected chi connectivity index (χ4v) is 4.37. The number of carbonyl (C=O) groups is 1. The monoisotopic (exact) mass is 468 g/mol. The molecule has 178 valence electrons. The molecular formula is C27H28N6O2. The fraction of sp³-hybridized carbons (Fsp3) is 0.259. The highest BCUT2D eigenvalue weighted by molar-refractivity contribution is 5.75. The van der Waals surface area contributed by atoms with Crippen LogP contribution in [0.15, 0.2) is 83.8 Å². The van der Waals surface area contributed by atoms with Crippen molar-refractivity contribution >= 4 is 23.0 Å². The fourth-order valence-electron chi connectivity index (χ4n) is 4.37. The van der Waals surface area contributed by atoms with Crippen molar-refractivity contribution in [1.82, 2.24) is 24.8 Å². The maximum atomic E-state index is 13.5. The van der Waals surface area contributed by atoms with E-state index in [4.69, 9.17) is 0 Å². The highest BCUT2D eigenvalue weighted by atomic mass is 16.2. The zero-order valence-corrected chi connectivity index (χ0v) is 19.5. The molecule has 0 bridgehead atoms. The molecule has 4 aromatic rings. The maximum Gasteiger partial charge on any atom is 0.317 e. The Bertz CT molecular complexity index is 1350. The first-order chi connectivity index (χ1) is 17.2. The lowest BCUT2D eigenvalue weighted by molar-refractivity contribution is 0.194. The topological polar surface area (TPSA) is 83.4 Å². The number of aromatic nitrogens is 3. The minimum Gasteiger partial charge on any atom is -0.348 e. The van der Waals surface area contributed by atoms with E-state index >= 15 is 0 Å². The first kappa shape index (κ1) is 22.6. The molecule has 5 rings (SSSR count). The number of benzene rings is 2. The van der Waals surface area contributed by atoms with E-state index in [1.54, 1.807) is 15.7 Å². The molecule has 0 saturated carbocycles. The molecule has 1 saturated heterocycles. The summed E-state index contributed by atoms with van der Waals surface area (Å²) in [7, 11) is 0. The molecule has 1 aliphatic heterocycles. The van der Waals surface area contributed by atoms with Gasteiger partial charge >= 0.3 is 6.03 Å². The first-order valence-electron chi connectivity index (χ1n) is 11.9. The van der Waals surface area contributed by atoms with Gasteiger partial charge < -0.3 is 15.1 Å². The summed E-state index contributed by atoms with van der Waals surface area (Å²) in [6, 6.07) is 23.6. The van der Waals surface area contributed by atoms with E-state index in [0.29, 0.717) is 56.3 Å². The summed E-state index contributed by atoms with van der Waals surface area (Å²) in [5.41, 5.74) is 3.30. The van der Waals surface area contributed by atoms with Crippen molar-refractivity contribution in [2.75, 3.05) is 37.6 Å². The largest absolute Gasteiger partial charge is 0.348 e. The van der Waals surface area contributed by atoms with Gasteiger partial charge in [0.05, 0.1) is 6.54 Å². The van der Waals surface area contributed by atoms with Gasteiger partial charge in [-0.2, -0.15) is 0 Å². The Morgan fingerprint density at radius 3 is 2.26 bits per heavy atom. The maximum absolute atomic E-state index is 13.5. The standard InChI is InChI=1S/C27H28N6O2/c34-26-25(30-23-12-7-14-28-24(23)33(26)20-22-10-5-2-6-11-22)31-16-18-32(19-17-31)27(35)29-15-13-21-8-3-1-4-9-21/h1-12,14H,13,15-20H2,(H,29,35). The molecule has 0 aliphatic carbocycles. The second kappa shape index (κ2) is 10.4. The summed E-state index contributed by atoms with van der Waals surface area (Å²) in [6.07, 6.45) is 2.47. The number of pyridine rings is 1. The van der Waals surface area contributed by atoms with E-state index in [0.717, 1.165) is 12.0 Å². The smallest absolute Gasteiger partial charge is 0.317 e. The van der Waals surface area contributed by atoms with E-state index in [2.05, 4.69) is 27.4 Å². The Morgan fingerprint density at radius 2 is 1.54 bits per heavy atom. The normalized spacial score (nSPS) is 13.7. The zero-order valence-electron chi connectivity index (χ0n) is 19.5. The molecule has 0 spiro atoms. The molecule has 1 fully saturated rings. The molecule has 2 aromatic carbocycles. The number of fused-ring (bicyclic) bond motifs is 1. The predicted octanol–water partition coefficient (Wildman–Crippen LogP) is 2.91. The van der Waals surface area contributed by atoms with Gasteiger partial charge in [-0.05, 0) is 29.7 Å². The van der Waals surface area contributed by atoms with Gasteiger partial charge in [-0.1, -0.05) is 60.7 Å². The summed E-state index contributed by atoms with van der Waals surface area (Å²) in [6.45, 7) is 3.17. The van der Waals surface area contributed by atoms with E-state index in [9.17, 15) is 9.59 Å². The number of nitrogens with zero attached hydrogens (tertiary/aromatic N) is 5. The number of piperazine rings is 1. The molecular weight excluding hydrogens is 440 g/mol. The molecule has 1 N–H and O–H groups in total. The van der Waals surface area contributed by atoms with Gasteiger partial charge in [-0.15, -0.1) is 0 Å². The lowest BCUT2D eigenvalue weighted by Gasteiger charge is -2.35. The van der Waals surface area contributed by atoms with Crippen LogP contribution in [-0.4, -0.2) is 58.2 Å². The molecule has 3 heterocycles. The number of hydrogen-bond acceptors (Lipinski definition) is 5. The van der Waals surface area contributed by atoms with Gasteiger partial charge in [-0.25, -0.2) is 14.8 Å². The number of nitrogens with one attached hydrogen (secondary N) is 1. The third-order valence-electron chi connectivity index (χ3n) is 6.27. The zero-order chi connectivity index (χ0) is 24.0. The van der Waals surface area contributed by atoms with Gasteiger partial charge in [0, 0.05) is 38.9 Å². The Hall–Kier alpha value is -4.20. The molecule has 1 aliphatic rings. The molecule has 0 unspecified atom stereocenters. The first-order valence-corrected chi connectivity index (χ1v) is 11.9. The van der Waals surface area contributed by atoms with Gasteiger partial charge in [0.15, 0.2) is 11.5 Å². The van der Waals surface area contributed by atoms with Crippen LogP contribution in [0.5, 0.6) is 0 Å². The van der Waals surface area contributed by atoms with Crippen molar-refractivity contribution in [3.63, 3.8) is 0 Å². The lowest BCUT2D eigenvalue weighted by atomic mass is 10.1. The quantitative estimate of drug-likeness (QED) is 0.471. The van der Waals surface area contributed by atoms with Crippen molar-refractivity contribution in [3.05, 3.63) is 100 Å². The number of amides is 2. The minimum atomic E-state index is -0.166. The van der Waals surface area contributed by atoms with E-state index in [1.807, 2.05) is 65.6 Å². The molecule has 2 aromatic heterocycles. The number of urea groups is 1. The van der Waals surface area contributed by atoms with Gasteiger partial charge in [0.2, 0.25) is 0 Å². The van der Waals surface area contributed by atoms with Crippen molar-refractivity contribution in [3.8, 4) is 0 Å². The van der Waals surface area contributed by atoms with Crippen LogP contribution in [0, 0.1) is 0 Å². The summed E-state index contributed by atoms with van der Waals surface area (Å²) in [5.74, 6) is 0.408. The molecule has 0 radical (unpaired) electrons. The van der Waals surface area contributed by atoms with E-state index in [-0.39, 0.29) is 11.6 Å². The summed E-state index contributed by atoms with van der Waals surface area (Å²) >= 11 is 0. The van der Waals surface area contributed by atoms with Gasteiger partial charge in [-0.3, -0.25) is 9.36 Å². The van der Waals surface area contributed by atoms with E-state index in [1.165, 1.54) is 5.56 Å². The summed E-state index contributed by atoms with van der Waals surface area (Å²) in [4.78, 5) is 39.0. The van der Waals surface area contributed by atoms with Gasteiger partial charge in [0.1, 0.15) is 5.52 Å². The van der Waals surface area contributed by atoms with Crippen LogP contribution >= 0.6 is 0 Å². The Labute approximate surface area is 203 Å². The molecule has 2 amide bonds. The van der Waals surface area contributed by atoms with Crippen LogP contribution in [0.4, 0.5) is 10.6 Å². The summed E-state index contributed by atoms with van der Waals surface area (Å²) < 4.78 is 1.69. The molecule has 8 nitrogen and oxygen atoms in total. The third-order valence-corrected chi connectivity index (χ3v) is 6.27. The average Bonchev–Trinajstić information content (AvgIpc) is 2.91. The van der Waals surface area contributed by atoms with Gasteiger partial charge in [0.25, 0.3) is 5.56 Å². The van der Waals surface area contributed by atoms with Crippen molar-refractivity contribution in [2.24, 2.45) is 0 Å². The molecule has 8 heteroatoms. The predicted molar refractivity (Wildman–Crippen MR) is 137 cm³/mol. The minimum absolute atomic E-state index is 0.0715. The number of anilines is 1. The second-order valence-electron chi connectivity index (χ2n) is 8.60. The van der Waals surface area contributed by atoms with E-state index < -0.39 is 0 Å². The van der Waals surface area contributed by atoms with Crippen LogP contribution in [0.2, 0.25) is 0 Å². The summed E-state index contributed by atoms with van der Waals surface area (Å²) in [5, 5.41) is 3.01. The third kappa shape index (κ3) is 5.16. The van der Waals surface area contributed by atoms with Crippen molar-refractivity contribution in [2.45, 2.75) is 13.0 Å². The van der Waals surface area contributed by atoms with Crippen LogP contribution < -0.4 is 15.8 Å². The SMILES string of the molecule is O=C(NCCc1ccccc1)N1CCN(c2nc3cccnc3n(Cc3ccccc3)c2=O)CC1. The van der Waals surface area contributed by atoms with Crippen LogP contribution in [0.1, 0.15) is 11.1 Å². The number of carbonyl (C=O) groups excluding carboxylic acids is 1. The Balaban J connectivity index is 1.28. The number of rotatable bonds is 6. The second-order valence-corrected chi connectivity index (χ2v) is 8.60. The highest BCUT2D eigenvalue weighted by Crippen LogP contribution is 2.16. The lowest BCUT2D eigenvalue weighted by Crippen LogP contribution is -2.53. The Kier molecular flexibility index (Phi) is 6.70. The average molecular weight is 469 g/mol.